The topological polar surface area (TPSA) is 102 Å². The Morgan fingerprint density at radius 2 is 1.75 bits per heavy atom. The molecular formula is C17H21NO6. The summed E-state index contributed by atoms with van der Waals surface area (Å²) in [5, 5.41) is 12.8. The summed E-state index contributed by atoms with van der Waals surface area (Å²) in [5.74, 6) is -2.06. The van der Waals surface area contributed by atoms with Crippen LogP contribution in [0.1, 0.15) is 13.8 Å². The van der Waals surface area contributed by atoms with Crippen LogP contribution in [0.5, 0.6) is 0 Å². The summed E-state index contributed by atoms with van der Waals surface area (Å²) in [6.45, 7) is 2.96. The van der Waals surface area contributed by atoms with E-state index >= 15 is 0 Å². The van der Waals surface area contributed by atoms with Gasteiger partial charge in [0.15, 0.2) is 0 Å². The molecule has 0 aliphatic carbocycles. The number of anilines is 1. The van der Waals surface area contributed by atoms with Crippen LogP contribution in [0.25, 0.3) is 0 Å². The van der Waals surface area contributed by atoms with Crippen LogP contribution >= 0.6 is 0 Å². The van der Waals surface area contributed by atoms with E-state index < -0.39 is 29.4 Å². The molecule has 1 aromatic carbocycles. The third-order valence-corrected chi connectivity index (χ3v) is 3.17. The number of methoxy groups -OCH3 is 1. The van der Waals surface area contributed by atoms with E-state index in [1.807, 2.05) is 0 Å². The Morgan fingerprint density at radius 3 is 2.33 bits per heavy atom. The minimum absolute atomic E-state index is 0.208. The fraction of sp³-hybridized carbons (Fsp3) is 0.353. The average molecular weight is 335 g/mol. The monoisotopic (exact) mass is 335 g/mol. The number of benzene rings is 1. The molecule has 0 saturated heterocycles. The number of hydrogen-bond donors (Lipinski definition) is 2. The van der Waals surface area contributed by atoms with E-state index in [0.717, 1.165) is 12.2 Å². The molecule has 0 saturated carbocycles. The highest BCUT2D eigenvalue weighted by molar-refractivity contribution is 5.94. The lowest BCUT2D eigenvalue weighted by atomic mass is 9.87. The summed E-state index contributed by atoms with van der Waals surface area (Å²) < 4.78 is 9.30. The number of aliphatic hydroxyl groups excluding tert-OH is 1. The first-order chi connectivity index (χ1) is 11.3. The molecule has 0 bridgehead atoms. The number of rotatable bonds is 7. The van der Waals surface area contributed by atoms with Crippen LogP contribution < -0.4 is 5.32 Å². The van der Waals surface area contributed by atoms with Crippen molar-refractivity contribution in [2.24, 2.45) is 5.41 Å². The lowest BCUT2D eigenvalue weighted by Gasteiger charge is -2.28. The van der Waals surface area contributed by atoms with Gasteiger partial charge in [-0.1, -0.05) is 32.0 Å². The normalized spacial score (nSPS) is 12.5. The summed E-state index contributed by atoms with van der Waals surface area (Å²) >= 11 is 0. The van der Waals surface area contributed by atoms with Gasteiger partial charge in [-0.25, -0.2) is 9.59 Å². The number of esters is 2. The first kappa shape index (κ1) is 19.4. The maximum absolute atomic E-state index is 12.1. The van der Waals surface area contributed by atoms with Crippen LogP contribution in [-0.2, 0) is 23.9 Å². The number of nitrogens with one attached hydrogen (secondary N) is 1. The summed E-state index contributed by atoms with van der Waals surface area (Å²) in [6.07, 6.45) is 0.446. The number of aliphatic hydroxyl groups is 1. The number of amides is 1. The fourth-order valence-corrected chi connectivity index (χ4v) is 1.68. The second-order valence-electron chi connectivity index (χ2n) is 5.71. The molecule has 0 spiro atoms. The SMILES string of the molecule is COC(=O)/C=C/C(=O)OCC(C)(C)[C@@H](O)C(=O)Nc1ccccc1. The number of carbonyl (C=O) groups is 3. The molecule has 0 unspecified atom stereocenters. The van der Waals surface area contributed by atoms with Gasteiger partial charge in [0.25, 0.3) is 5.91 Å². The van der Waals surface area contributed by atoms with Crippen LogP contribution in [0.3, 0.4) is 0 Å². The largest absolute Gasteiger partial charge is 0.466 e. The van der Waals surface area contributed by atoms with Crippen LogP contribution in [0.15, 0.2) is 42.5 Å². The molecule has 130 valence electrons. The molecule has 7 heteroatoms. The summed E-state index contributed by atoms with van der Waals surface area (Å²) in [7, 11) is 1.18. The molecule has 1 atom stereocenters. The number of para-hydroxylation sites is 1. The minimum atomic E-state index is -1.39. The highest BCUT2D eigenvalue weighted by Crippen LogP contribution is 2.22. The van der Waals surface area contributed by atoms with Crippen molar-refractivity contribution < 1.29 is 29.0 Å². The van der Waals surface area contributed by atoms with E-state index in [1.54, 1.807) is 44.2 Å². The third kappa shape index (κ3) is 6.21. The summed E-state index contributed by atoms with van der Waals surface area (Å²) in [6, 6.07) is 8.69. The van der Waals surface area contributed by atoms with E-state index in [9.17, 15) is 19.5 Å². The second kappa shape index (κ2) is 8.83. The van der Waals surface area contributed by atoms with Crippen molar-refractivity contribution in [1.29, 1.82) is 0 Å². The molecule has 0 radical (unpaired) electrons. The Kier molecular flexibility index (Phi) is 7.13. The van der Waals surface area contributed by atoms with Gasteiger partial charge in [-0.05, 0) is 12.1 Å². The predicted molar refractivity (Wildman–Crippen MR) is 87.0 cm³/mol. The van der Waals surface area contributed by atoms with E-state index in [-0.39, 0.29) is 6.61 Å². The third-order valence-electron chi connectivity index (χ3n) is 3.17. The van der Waals surface area contributed by atoms with Crippen LogP contribution in [0.4, 0.5) is 5.69 Å². The van der Waals surface area contributed by atoms with Crippen molar-refractivity contribution in [2.45, 2.75) is 20.0 Å². The molecule has 7 nitrogen and oxygen atoms in total. The Bertz CT molecular complexity index is 609. The Morgan fingerprint density at radius 1 is 1.17 bits per heavy atom. The quantitative estimate of drug-likeness (QED) is 0.575. The summed E-state index contributed by atoms with van der Waals surface area (Å²) in [4.78, 5) is 34.5. The van der Waals surface area contributed by atoms with Crippen molar-refractivity contribution in [1.82, 2.24) is 0 Å². The number of ether oxygens (including phenoxy) is 2. The summed E-state index contributed by atoms with van der Waals surface area (Å²) in [5.41, 5.74) is -0.469. The molecule has 24 heavy (non-hydrogen) atoms. The van der Waals surface area contributed by atoms with Crippen molar-refractivity contribution in [3.8, 4) is 0 Å². The van der Waals surface area contributed by atoms with E-state index in [2.05, 4.69) is 10.1 Å². The highest BCUT2D eigenvalue weighted by atomic mass is 16.5. The van der Waals surface area contributed by atoms with Gasteiger partial charge in [0.2, 0.25) is 0 Å². The van der Waals surface area contributed by atoms with Gasteiger partial charge in [-0.2, -0.15) is 0 Å². The van der Waals surface area contributed by atoms with Crippen LogP contribution in [0, 0.1) is 5.41 Å². The zero-order valence-electron chi connectivity index (χ0n) is 13.8. The molecule has 1 rings (SSSR count). The van der Waals surface area contributed by atoms with Gasteiger partial charge in [0, 0.05) is 23.3 Å². The Hall–Kier alpha value is -2.67. The maximum atomic E-state index is 12.1. The van der Waals surface area contributed by atoms with E-state index in [1.165, 1.54) is 7.11 Å². The Labute approximate surface area is 140 Å². The molecule has 1 amide bonds. The first-order valence-electron chi connectivity index (χ1n) is 7.23. The first-order valence-corrected chi connectivity index (χ1v) is 7.23. The lowest BCUT2D eigenvalue weighted by Crippen LogP contribution is -2.43. The molecule has 0 fully saturated rings. The van der Waals surface area contributed by atoms with Crippen molar-refractivity contribution in [3.05, 3.63) is 42.5 Å². The van der Waals surface area contributed by atoms with Crippen molar-refractivity contribution in [3.63, 3.8) is 0 Å². The van der Waals surface area contributed by atoms with Crippen LogP contribution in [0.2, 0.25) is 0 Å². The van der Waals surface area contributed by atoms with Gasteiger partial charge in [-0.15, -0.1) is 0 Å². The zero-order chi connectivity index (χ0) is 18.2. The zero-order valence-corrected chi connectivity index (χ0v) is 13.8. The number of carbonyl (C=O) groups excluding carboxylic acids is 3. The molecule has 0 aliphatic rings. The smallest absolute Gasteiger partial charge is 0.331 e. The highest BCUT2D eigenvalue weighted by Gasteiger charge is 2.35. The van der Waals surface area contributed by atoms with Gasteiger partial charge in [0.05, 0.1) is 13.7 Å². The van der Waals surface area contributed by atoms with E-state index in [4.69, 9.17) is 4.74 Å². The predicted octanol–water partition coefficient (Wildman–Crippen LogP) is 1.28. The molecule has 1 aromatic rings. The maximum Gasteiger partial charge on any atom is 0.331 e. The Balaban J connectivity index is 2.56. The minimum Gasteiger partial charge on any atom is -0.466 e. The molecule has 0 heterocycles. The van der Waals surface area contributed by atoms with Crippen molar-refractivity contribution >= 4 is 23.5 Å². The number of hydrogen-bond acceptors (Lipinski definition) is 6. The van der Waals surface area contributed by atoms with Gasteiger partial charge >= 0.3 is 11.9 Å². The molecule has 2 N–H and O–H groups in total. The van der Waals surface area contributed by atoms with Gasteiger partial charge in [0.1, 0.15) is 6.10 Å². The van der Waals surface area contributed by atoms with Crippen LogP contribution in [-0.4, -0.2) is 42.8 Å². The fourth-order valence-electron chi connectivity index (χ4n) is 1.68. The standard InChI is InChI=1S/C17H21NO6/c1-17(2,11-24-14(20)10-9-13(19)23-3)15(21)16(22)18-12-7-5-4-6-8-12/h4-10,15,21H,11H2,1-3H3,(H,18,22)/b10-9+/t15-/m0/s1. The lowest BCUT2D eigenvalue weighted by molar-refractivity contribution is -0.147. The molecule has 0 aromatic heterocycles. The second-order valence-corrected chi connectivity index (χ2v) is 5.71. The molecular weight excluding hydrogens is 314 g/mol. The average Bonchev–Trinajstić information content (AvgIpc) is 2.57. The van der Waals surface area contributed by atoms with E-state index in [0.29, 0.717) is 5.69 Å². The van der Waals surface area contributed by atoms with Crippen molar-refractivity contribution in [2.75, 3.05) is 19.0 Å². The van der Waals surface area contributed by atoms with Gasteiger partial charge in [-0.3, -0.25) is 4.79 Å². The molecule has 0 aliphatic heterocycles. The van der Waals surface area contributed by atoms with Gasteiger partial charge < -0.3 is 19.9 Å².